The molecule has 1 unspecified atom stereocenters. The Morgan fingerprint density at radius 1 is 1.30 bits per heavy atom. The molecule has 9 heteroatoms. The Bertz CT molecular complexity index is 672. The standard InChI is InChI=1S/C18H23ClFN3O4/c1-5-16(23-14(4)24)9-17(25)21-12(2)8-13(3)22-18(26)11-27-7-6-15(20)10-19/h5-7,9-10,12H,1,3,8,11H2,2,4H3,(H,21,25)(H,22,26)(H,23,24)/b7-6+,15-10-,16-9-. The highest BCUT2D eigenvalue weighted by molar-refractivity contribution is 6.25. The summed E-state index contributed by atoms with van der Waals surface area (Å²) < 4.78 is 17.5. The third-order valence-electron chi connectivity index (χ3n) is 2.73. The van der Waals surface area contributed by atoms with Crippen molar-refractivity contribution in [3.8, 4) is 0 Å². The van der Waals surface area contributed by atoms with Gasteiger partial charge in [0.15, 0.2) is 6.61 Å². The minimum atomic E-state index is -0.710. The Morgan fingerprint density at radius 3 is 2.52 bits per heavy atom. The summed E-state index contributed by atoms with van der Waals surface area (Å²) in [5, 5.41) is 7.61. The number of carbonyl (C=O) groups is 3. The summed E-state index contributed by atoms with van der Waals surface area (Å²) in [5.74, 6) is -1.96. The minimum Gasteiger partial charge on any atom is -0.491 e. The fraction of sp³-hybridized carbons (Fsp3) is 0.278. The van der Waals surface area contributed by atoms with Crippen molar-refractivity contribution in [2.75, 3.05) is 6.61 Å². The Morgan fingerprint density at radius 2 is 1.96 bits per heavy atom. The molecule has 0 aromatic heterocycles. The molecule has 0 spiro atoms. The topological polar surface area (TPSA) is 96.5 Å². The molecular formula is C18H23ClFN3O4. The highest BCUT2D eigenvalue weighted by atomic mass is 35.5. The maximum Gasteiger partial charge on any atom is 0.261 e. The third-order valence-corrected chi connectivity index (χ3v) is 2.93. The summed E-state index contributed by atoms with van der Waals surface area (Å²) in [7, 11) is 0. The van der Waals surface area contributed by atoms with Crippen LogP contribution < -0.4 is 16.0 Å². The number of halogens is 2. The van der Waals surface area contributed by atoms with Crippen molar-refractivity contribution >= 4 is 29.3 Å². The van der Waals surface area contributed by atoms with Gasteiger partial charge >= 0.3 is 0 Å². The van der Waals surface area contributed by atoms with Crippen molar-refractivity contribution in [3.63, 3.8) is 0 Å². The van der Waals surface area contributed by atoms with Gasteiger partial charge in [-0.3, -0.25) is 14.4 Å². The first-order chi connectivity index (χ1) is 12.7. The van der Waals surface area contributed by atoms with Gasteiger partial charge < -0.3 is 20.7 Å². The molecule has 0 aliphatic heterocycles. The summed E-state index contributed by atoms with van der Waals surface area (Å²) in [6, 6.07) is -0.339. The molecule has 0 heterocycles. The molecule has 0 aliphatic carbocycles. The zero-order valence-electron chi connectivity index (χ0n) is 15.2. The van der Waals surface area contributed by atoms with Gasteiger partial charge in [0.05, 0.1) is 6.26 Å². The van der Waals surface area contributed by atoms with Crippen LogP contribution in [0, 0.1) is 0 Å². The van der Waals surface area contributed by atoms with Gasteiger partial charge in [-0.15, -0.1) is 0 Å². The van der Waals surface area contributed by atoms with Crippen LogP contribution in [0.25, 0.3) is 0 Å². The predicted molar refractivity (Wildman–Crippen MR) is 102 cm³/mol. The zero-order chi connectivity index (χ0) is 20.8. The summed E-state index contributed by atoms with van der Waals surface area (Å²) >= 11 is 5.11. The molecule has 1 atom stereocenters. The van der Waals surface area contributed by atoms with Crippen molar-refractivity contribution in [1.29, 1.82) is 0 Å². The lowest BCUT2D eigenvalue weighted by Crippen LogP contribution is -2.35. The van der Waals surface area contributed by atoms with E-state index in [0.717, 1.165) is 17.9 Å². The molecule has 0 fully saturated rings. The fourth-order valence-electron chi connectivity index (χ4n) is 1.75. The Kier molecular flexibility index (Phi) is 11.9. The molecule has 3 N–H and O–H groups in total. The maximum atomic E-state index is 12.7. The van der Waals surface area contributed by atoms with Gasteiger partial charge in [0.1, 0.15) is 5.83 Å². The van der Waals surface area contributed by atoms with Gasteiger partial charge in [-0.05, 0) is 13.0 Å². The Balaban J connectivity index is 4.33. The zero-order valence-corrected chi connectivity index (χ0v) is 15.9. The monoisotopic (exact) mass is 399 g/mol. The lowest BCUT2D eigenvalue weighted by atomic mass is 10.2. The molecule has 0 aromatic carbocycles. The summed E-state index contributed by atoms with van der Waals surface area (Å²) in [6.45, 7) is 9.89. The second kappa shape index (κ2) is 13.3. The number of hydrogen-bond donors (Lipinski definition) is 3. The summed E-state index contributed by atoms with van der Waals surface area (Å²) in [5.41, 5.74) is 1.35. The van der Waals surface area contributed by atoms with Crippen LogP contribution in [0.3, 0.4) is 0 Å². The van der Waals surface area contributed by atoms with E-state index in [9.17, 15) is 18.8 Å². The number of ether oxygens (including phenoxy) is 1. The van der Waals surface area contributed by atoms with E-state index in [0.29, 0.717) is 5.70 Å². The quantitative estimate of drug-likeness (QED) is 0.282. The predicted octanol–water partition coefficient (Wildman–Crippen LogP) is 2.30. The van der Waals surface area contributed by atoms with Gasteiger partial charge in [-0.1, -0.05) is 24.8 Å². The molecule has 0 rings (SSSR count). The second-order valence-corrected chi connectivity index (χ2v) is 5.58. The molecule has 0 bridgehead atoms. The van der Waals surface area contributed by atoms with Crippen LogP contribution in [-0.2, 0) is 19.1 Å². The largest absolute Gasteiger partial charge is 0.491 e. The van der Waals surface area contributed by atoms with Crippen LogP contribution >= 0.6 is 11.6 Å². The van der Waals surface area contributed by atoms with Gasteiger partial charge in [-0.25, -0.2) is 4.39 Å². The van der Waals surface area contributed by atoms with E-state index < -0.39 is 17.6 Å². The summed E-state index contributed by atoms with van der Waals surface area (Å²) in [6.07, 6.45) is 4.76. The normalized spacial score (nSPS) is 12.9. The molecule has 0 radical (unpaired) electrons. The average Bonchev–Trinajstić information content (AvgIpc) is 2.56. The van der Waals surface area contributed by atoms with Crippen LogP contribution in [0.4, 0.5) is 4.39 Å². The highest BCUT2D eigenvalue weighted by Crippen LogP contribution is 2.02. The Labute approximate surface area is 162 Å². The first kappa shape index (κ1) is 24.1. The Hall–Kier alpha value is -2.87. The van der Waals surface area contributed by atoms with E-state index in [1.807, 2.05) is 0 Å². The molecule has 0 aliphatic rings. The number of allylic oxidation sites excluding steroid dienone is 3. The van der Waals surface area contributed by atoms with Crippen LogP contribution in [0.2, 0.25) is 0 Å². The molecule has 148 valence electrons. The molecule has 0 saturated carbocycles. The number of nitrogens with one attached hydrogen (secondary N) is 3. The molecular weight excluding hydrogens is 377 g/mol. The van der Waals surface area contributed by atoms with Crippen LogP contribution in [0.15, 0.2) is 60.4 Å². The van der Waals surface area contributed by atoms with E-state index >= 15 is 0 Å². The number of rotatable bonds is 11. The highest BCUT2D eigenvalue weighted by Gasteiger charge is 2.10. The molecule has 3 amide bonds. The minimum absolute atomic E-state index is 0.269. The first-order valence-electron chi connectivity index (χ1n) is 7.81. The first-order valence-corrected chi connectivity index (χ1v) is 8.25. The van der Waals surface area contributed by atoms with Crippen molar-refractivity contribution in [1.82, 2.24) is 16.0 Å². The van der Waals surface area contributed by atoms with E-state index in [-0.39, 0.29) is 30.7 Å². The second-order valence-electron chi connectivity index (χ2n) is 5.36. The van der Waals surface area contributed by atoms with Gasteiger partial charge in [0.25, 0.3) is 5.91 Å². The molecule has 7 nitrogen and oxygen atoms in total. The average molecular weight is 400 g/mol. The number of amides is 3. The van der Waals surface area contributed by atoms with Crippen LogP contribution in [-0.4, -0.2) is 30.4 Å². The lowest BCUT2D eigenvalue weighted by Gasteiger charge is -2.15. The van der Waals surface area contributed by atoms with Gasteiger partial charge in [0, 0.05) is 48.5 Å². The fourth-order valence-corrected chi connectivity index (χ4v) is 1.83. The molecule has 0 saturated heterocycles. The van der Waals surface area contributed by atoms with E-state index in [4.69, 9.17) is 16.3 Å². The van der Waals surface area contributed by atoms with Crippen LogP contribution in [0.1, 0.15) is 20.3 Å². The van der Waals surface area contributed by atoms with Crippen molar-refractivity contribution in [2.24, 2.45) is 0 Å². The smallest absolute Gasteiger partial charge is 0.261 e. The number of carbonyl (C=O) groups excluding carboxylic acids is 3. The van der Waals surface area contributed by atoms with Crippen molar-refractivity contribution in [3.05, 3.63) is 60.4 Å². The van der Waals surface area contributed by atoms with E-state index in [2.05, 4.69) is 29.1 Å². The van der Waals surface area contributed by atoms with E-state index in [1.54, 1.807) is 6.92 Å². The van der Waals surface area contributed by atoms with Crippen molar-refractivity contribution < 1.29 is 23.5 Å². The SMILES string of the molecule is C=C/C(=C/C(=O)NC(C)CC(=C)NC(=O)CO/C=C/C(F)=C/Cl)NC(C)=O. The molecule has 27 heavy (non-hydrogen) atoms. The van der Waals surface area contributed by atoms with Gasteiger partial charge in [-0.2, -0.15) is 0 Å². The van der Waals surface area contributed by atoms with Gasteiger partial charge in [0.2, 0.25) is 11.8 Å². The van der Waals surface area contributed by atoms with E-state index in [1.165, 1.54) is 19.1 Å². The number of hydrogen-bond acceptors (Lipinski definition) is 4. The third kappa shape index (κ3) is 13.1. The van der Waals surface area contributed by atoms with Crippen molar-refractivity contribution in [2.45, 2.75) is 26.3 Å². The summed E-state index contributed by atoms with van der Waals surface area (Å²) in [4.78, 5) is 34.5. The molecule has 0 aromatic rings. The van der Waals surface area contributed by atoms with Crippen LogP contribution in [0.5, 0.6) is 0 Å². The lowest BCUT2D eigenvalue weighted by molar-refractivity contribution is -0.123. The maximum absolute atomic E-state index is 12.7.